The Bertz CT molecular complexity index is 565. The van der Waals surface area contributed by atoms with E-state index in [1.165, 1.54) is 0 Å². The van der Waals surface area contributed by atoms with Gasteiger partial charge in [0, 0.05) is 24.8 Å². The lowest BCUT2D eigenvalue weighted by atomic mass is 10.0. The van der Waals surface area contributed by atoms with E-state index in [-0.39, 0.29) is 17.9 Å². The van der Waals surface area contributed by atoms with Gasteiger partial charge in [0.15, 0.2) is 0 Å². The highest BCUT2D eigenvalue weighted by molar-refractivity contribution is 5.97. The Morgan fingerprint density at radius 2 is 2.19 bits per heavy atom. The summed E-state index contributed by atoms with van der Waals surface area (Å²) in [6.45, 7) is 3.22. The molecule has 5 nitrogen and oxygen atoms in total. The van der Waals surface area contributed by atoms with Crippen molar-refractivity contribution in [2.45, 2.75) is 38.6 Å². The number of piperidine rings is 1. The van der Waals surface area contributed by atoms with Gasteiger partial charge in [-0.2, -0.15) is 0 Å². The van der Waals surface area contributed by atoms with Gasteiger partial charge in [0.1, 0.15) is 0 Å². The minimum absolute atomic E-state index is 0.0380. The second kappa shape index (κ2) is 5.85. The number of nitrogens with zero attached hydrogens (tertiary/aromatic N) is 1. The Balaban J connectivity index is 1.70. The summed E-state index contributed by atoms with van der Waals surface area (Å²) in [6, 6.07) is 5.70. The van der Waals surface area contributed by atoms with Crippen molar-refractivity contribution in [2.75, 3.05) is 23.3 Å². The van der Waals surface area contributed by atoms with Gasteiger partial charge in [0.05, 0.1) is 6.04 Å². The number of benzene rings is 1. The maximum absolute atomic E-state index is 12.2. The number of anilines is 2. The van der Waals surface area contributed by atoms with E-state index in [0.717, 1.165) is 55.7 Å². The lowest BCUT2D eigenvalue weighted by Gasteiger charge is -2.22. The molecule has 1 atom stereocenters. The van der Waals surface area contributed by atoms with Gasteiger partial charge in [-0.25, -0.2) is 0 Å². The van der Waals surface area contributed by atoms with Crippen LogP contribution >= 0.6 is 0 Å². The van der Waals surface area contributed by atoms with Crippen LogP contribution in [0, 0.1) is 0 Å². The average molecular weight is 287 g/mol. The lowest BCUT2D eigenvalue weighted by Crippen LogP contribution is -2.43. The summed E-state index contributed by atoms with van der Waals surface area (Å²) in [4.78, 5) is 25.5. The molecule has 0 saturated carbocycles. The van der Waals surface area contributed by atoms with Crippen molar-refractivity contribution in [3.8, 4) is 0 Å². The number of carbonyl (C=O) groups excluding carboxylic acids is 2. The van der Waals surface area contributed by atoms with Crippen LogP contribution in [0.1, 0.15) is 31.7 Å². The van der Waals surface area contributed by atoms with Crippen LogP contribution in [0.3, 0.4) is 0 Å². The quantitative estimate of drug-likeness (QED) is 0.870. The first-order valence-electron chi connectivity index (χ1n) is 7.60. The van der Waals surface area contributed by atoms with Crippen LogP contribution in [0.25, 0.3) is 0 Å². The predicted molar refractivity (Wildman–Crippen MR) is 82.4 cm³/mol. The smallest absolute Gasteiger partial charge is 0.241 e. The predicted octanol–water partition coefficient (Wildman–Crippen LogP) is 1.68. The molecule has 1 saturated heterocycles. The summed E-state index contributed by atoms with van der Waals surface area (Å²) in [6.07, 6.45) is 3.99. The molecule has 0 spiro atoms. The van der Waals surface area contributed by atoms with Gasteiger partial charge in [-0.3, -0.25) is 9.59 Å². The molecule has 2 aliphatic rings. The van der Waals surface area contributed by atoms with E-state index in [2.05, 4.69) is 10.6 Å². The first-order chi connectivity index (χ1) is 10.1. The van der Waals surface area contributed by atoms with E-state index < -0.39 is 0 Å². The number of amides is 2. The zero-order valence-corrected chi connectivity index (χ0v) is 12.3. The summed E-state index contributed by atoms with van der Waals surface area (Å²) >= 11 is 0. The van der Waals surface area contributed by atoms with Gasteiger partial charge in [-0.15, -0.1) is 0 Å². The molecule has 5 heteroatoms. The van der Waals surface area contributed by atoms with Crippen molar-refractivity contribution < 1.29 is 9.59 Å². The zero-order valence-electron chi connectivity index (χ0n) is 12.3. The molecule has 2 amide bonds. The third-order valence-electron chi connectivity index (χ3n) is 4.25. The van der Waals surface area contributed by atoms with Crippen molar-refractivity contribution in [1.82, 2.24) is 5.32 Å². The van der Waals surface area contributed by atoms with Gasteiger partial charge in [-0.05, 0) is 49.6 Å². The first kappa shape index (κ1) is 14.1. The lowest BCUT2D eigenvalue weighted by molar-refractivity contribution is -0.118. The number of carbonyl (C=O) groups is 2. The molecule has 1 fully saturated rings. The van der Waals surface area contributed by atoms with Gasteiger partial charge in [0.2, 0.25) is 11.8 Å². The number of nitrogens with one attached hydrogen (secondary N) is 2. The Morgan fingerprint density at radius 3 is 2.90 bits per heavy atom. The van der Waals surface area contributed by atoms with Gasteiger partial charge >= 0.3 is 0 Å². The molecular weight excluding hydrogens is 266 g/mol. The van der Waals surface area contributed by atoms with Crippen LogP contribution < -0.4 is 15.5 Å². The zero-order chi connectivity index (χ0) is 14.8. The van der Waals surface area contributed by atoms with E-state index in [0.29, 0.717) is 0 Å². The van der Waals surface area contributed by atoms with E-state index in [9.17, 15) is 9.59 Å². The molecule has 21 heavy (non-hydrogen) atoms. The maximum atomic E-state index is 12.2. The summed E-state index contributed by atoms with van der Waals surface area (Å²) < 4.78 is 0. The number of hydrogen-bond donors (Lipinski definition) is 2. The molecule has 2 N–H and O–H groups in total. The second-order valence-electron chi connectivity index (χ2n) is 5.76. The normalized spacial score (nSPS) is 21.0. The maximum Gasteiger partial charge on any atom is 0.241 e. The van der Waals surface area contributed by atoms with Crippen molar-refractivity contribution in [3.63, 3.8) is 0 Å². The van der Waals surface area contributed by atoms with Crippen LogP contribution in [0.5, 0.6) is 0 Å². The molecule has 0 radical (unpaired) electrons. The molecule has 0 bridgehead atoms. The molecule has 3 rings (SSSR count). The molecule has 0 aromatic heterocycles. The van der Waals surface area contributed by atoms with E-state index in [1.54, 1.807) is 11.8 Å². The SMILES string of the molecule is CC(=O)N1CCc2cc(NC(=O)[C@H]3CCCCN3)ccc21. The van der Waals surface area contributed by atoms with Crippen LogP contribution in [-0.4, -0.2) is 30.9 Å². The fraction of sp³-hybridized carbons (Fsp3) is 0.500. The molecule has 112 valence electrons. The van der Waals surface area contributed by atoms with Crippen molar-refractivity contribution in [3.05, 3.63) is 23.8 Å². The topological polar surface area (TPSA) is 61.4 Å². The fourth-order valence-electron chi connectivity index (χ4n) is 3.11. The standard InChI is InChI=1S/C16H21N3O2/c1-11(20)19-9-7-12-10-13(5-6-15(12)19)18-16(21)14-4-2-3-8-17-14/h5-6,10,14,17H,2-4,7-9H2,1H3,(H,18,21)/t14-/m1/s1. The first-order valence-corrected chi connectivity index (χ1v) is 7.60. The third-order valence-corrected chi connectivity index (χ3v) is 4.25. The van der Waals surface area contributed by atoms with Crippen LogP contribution in [0.2, 0.25) is 0 Å². The average Bonchev–Trinajstić information content (AvgIpc) is 2.91. The molecule has 2 aliphatic heterocycles. The van der Waals surface area contributed by atoms with E-state index in [4.69, 9.17) is 0 Å². The second-order valence-corrected chi connectivity index (χ2v) is 5.76. The molecule has 2 heterocycles. The van der Waals surface area contributed by atoms with Crippen LogP contribution in [0.15, 0.2) is 18.2 Å². The van der Waals surface area contributed by atoms with E-state index >= 15 is 0 Å². The highest BCUT2D eigenvalue weighted by Crippen LogP contribution is 2.30. The molecule has 0 aliphatic carbocycles. The monoisotopic (exact) mass is 287 g/mol. The van der Waals surface area contributed by atoms with E-state index in [1.807, 2.05) is 18.2 Å². The molecular formula is C16H21N3O2. The number of hydrogen-bond acceptors (Lipinski definition) is 3. The van der Waals surface area contributed by atoms with Crippen molar-refractivity contribution in [2.24, 2.45) is 0 Å². The van der Waals surface area contributed by atoms with Crippen molar-refractivity contribution >= 4 is 23.2 Å². The third kappa shape index (κ3) is 2.93. The Hall–Kier alpha value is -1.88. The highest BCUT2D eigenvalue weighted by Gasteiger charge is 2.24. The Morgan fingerprint density at radius 1 is 1.33 bits per heavy atom. The number of rotatable bonds is 2. The number of fused-ring (bicyclic) bond motifs is 1. The minimum Gasteiger partial charge on any atom is -0.325 e. The largest absolute Gasteiger partial charge is 0.325 e. The Kier molecular flexibility index (Phi) is 3.92. The molecule has 0 unspecified atom stereocenters. The highest BCUT2D eigenvalue weighted by atomic mass is 16.2. The van der Waals surface area contributed by atoms with Gasteiger partial charge in [-0.1, -0.05) is 6.42 Å². The summed E-state index contributed by atoms with van der Waals surface area (Å²) in [5, 5.41) is 6.23. The molecule has 1 aromatic carbocycles. The minimum atomic E-state index is -0.0827. The van der Waals surface area contributed by atoms with Gasteiger partial charge in [0.25, 0.3) is 0 Å². The molecule has 1 aromatic rings. The van der Waals surface area contributed by atoms with Crippen molar-refractivity contribution in [1.29, 1.82) is 0 Å². The summed E-state index contributed by atoms with van der Waals surface area (Å²) in [5.41, 5.74) is 2.91. The summed E-state index contributed by atoms with van der Waals surface area (Å²) in [5.74, 6) is 0.105. The summed E-state index contributed by atoms with van der Waals surface area (Å²) in [7, 11) is 0. The van der Waals surface area contributed by atoms with Crippen LogP contribution in [0.4, 0.5) is 11.4 Å². The van der Waals surface area contributed by atoms with Crippen LogP contribution in [-0.2, 0) is 16.0 Å². The fourth-order valence-corrected chi connectivity index (χ4v) is 3.11. The Labute approximate surface area is 124 Å². The van der Waals surface area contributed by atoms with Gasteiger partial charge < -0.3 is 15.5 Å².